The molecule has 4 nitrogen and oxygen atoms in total. The summed E-state index contributed by atoms with van der Waals surface area (Å²) in [6.45, 7) is 0.399. The molecule has 0 radical (unpaired) electrons. The number of rotatable bonds is 3. The summed E-state index contributed by atoms with van der Waals surface area (Å²) in [6, 6.07) is 7.20. The van der Waals surface area contributed by atoms with Crippen LogP contribution in [0.2, 0.25) is 5.02 Å². The van der Waals surface area contributed by atoms with E-state index in [1.54, 1.807) is 12.1 Å². The van der Waals surface area contributed by atoms with Crippen molar-refractivity contribution in [3.05, 3.63) is 45.3 Å². The molecule has 0 atom stereocenters. The smallest absolute Gasteiger partial charge is 0.338 e. The lowest BCUT2D eigenvalue weighted by Crippen LogP contribution is -2.10. The van der Waals surface area contributed by atoms with Gasteiger partial charge in [0.2, 0.25) is 0 Å². The van der Waals surface area contributed by atoms with Gasteiger partial charge in [0.15, 0.2) is 0 Å². The third kappa shape index (κ3) is 2.03. The molecule has 1 aromatic heterocycles. The Kier molecular flexibility index (Phi) is 3.12. The zero-order valence-corrected chi connectivity index (χ0v) is 9.25. The first kappa shape index (κ1) is 11.0. The van der Waals surface area contributed by atoms with Crippen molar-refractivity contribution in [2.24, 2.45) is 5.73 Å². The monoisotopic (exact) mass is 238 g/mol. The third-order valence-electron chi connectivity index (χ3n) is 2.30. The van der Waals surface area contributed by atoms with Crippen molar-refractivity contribution in [2.75, 3.05) is 6.54 Å². The summed E-state index contributed by atoms with van der Waals surface area (Å²) in [5.41, 5.74) is 7.10. The molecule has 0 amide bonds. The summed E-state index contributed by atoms with van der Waals surface area (Å²) < 4.78 is 4.76. The Morgan fingerprint density at radius 1 is 1.44 bits per heavy atom. The average Bonchev–Trinajstić information content (AvgIpc) is 2.61. The lowest BCUT2D eigenvalue weighted by Gasteiger charge is -2.00. The lowest BCUT2D eigenvalue weighted by molar-refractivity contribution is 0.392. The van der Waals surface area contributed by atoms with Crippen LogP contribution >= 0.6 is 11.6 Å². The second kappa shape index (κ2) is 4.55. The summed E-state index contributed by atoms with van der Waals surface area (Å²) in [7, 11) is 0. The van der Waals surface area contributed by atoms with E-state index in [0.717, 1.165) is 5.56 Å². The first-order valence-corrected chi connectivity index (χ1v) is 5.26. The molecule has 0 saturated carbocycles. The molecule has 0 aliphatic rings. The highest BCUT2D eigenvalue weighted by Gasteiger charge is 2.12. The van der Waals surface area contributed by atoms with E-state index >= 15 is 0 Å². The minimum absolute atomic E-state index is 0.375. The number of hydrogen-bond acceptors (Lipinski definition) is 3. The number of benzene rings is 1. The summed E-state index contributed by atoms with van der Waals surface area (Å²) >= 11 is 5.88. The first-order valence-electron chi connectivity index (χ1n) is 4.88. The molecule has 0 unspecified atom stereocenters. The Bertz CT molecular complexity index is 545. The normalized spacial score (nSPS) is 10.6. The Morgan fingerprint density at radius 2 is 2.25 bits per heavy atom. The maximum absolute atomic E-state index is 11.4. The van der Waals surface area contributed by atoms with Crippen LogP contribution in [0.1, 0.15) is 5.56 Å². The Balaban J connectivity index is 2.51. The van der Waals surface area contributed by atoms with Crippen molar-refractivity contribution in [2.45, 2.75) is 6.42 Å². The zero-order chi connectivity index (χ0) is 11.5. The van der Waals surface area contributed by atoms with Crippen LogP contribution in [0.4, 0.5) is 0 Å². The van der Waals surface area contributed by atoms with Crippen LogP contribution in [0.5, 0.6) is 0 Å². The molecule has 1 aromatic carbocycles. The standard InChI is InChI=1S/C11H11ClN2O2/c12-8-3-1-2-7(6-8)10-9(4-5-13)11(15)16-14-10/h1-3,6,14H,4-5,13H2. The van der Waals surface area contributed by atoms with E-state index in [1.807, 2.05) is 12.1 Å². The average molecular weight is 239 g/mol. The zero-order valence-electron chi connectivity index (χ0n) is 8.50. The number of halogens is 1. The molecule has 16 heavy (non-hydrogen) atoms. The number of nitrogens with two attached hydrogens (primary N) is 1. The van der Waals surface area contributed by atoms with Gasteiger partial charge in [0.25, 0.3) is 0 Å². The van der Waals surface area contributed by atoms with Crippen LogP contribution in [0.15, 0.2) is 33.6 Å². The summed E-state index contributed by atoms with van der Waals surface area (Å²) in [5, 5.41) is 3.21. The van der Waals surface area contributed by atoms with Crippen LogP contribution < -0.4 is 11.4 Å². The molecule has 0 aliphatic carbocycles. The molecule has 0 bridgehead atoms. The van der Waals surface area contributed by atoms with Gasteiger partial charge in [-0.2, -0.15) is 0 Å². The molecule has 0 saturated heterocycles. The second-order valence-corrected chi connectivity index (χ2v) is 3.83. The minimum Gasteiger partial charge on any atom is -0.338 e. The van der Waals surface area contributed by atoms with Gasteiger partial charge in [-0.15, -0.1) is 0 Å². The molecule has 5 heteroatoms. The number of hydrogen-bond donors (Lipinski definition) is 2. The predicted molar refractivity (Wildman–Crippen MR) is 62.5 cm³/mol. The highest BCUT2D eigenvalue weighted by atomic mass is 35.5. The maximum Gasteiger partial charge on any atom is 0.361 e. The van der Waals surface area contributed by atoms with Crippen LogP contribution in [-0.4, -0.2) is 11.7 Å². The molecule has 0 fully saturated rings. The van der Waals surface area contributed by atoms with E-state index in [1.165, 1.54) is 0 Å². The molecule has 0 aliphatic heterocycles. The first-order chi connectivity index (χ1) is 7.72. The van der Waals surface area contributed by atoms with Gasteiger partial charge in [-0.25, -0.2) is 9.95 Å². The summed E-state index contributed by atoms with van der Waals surface area (Å²) in [4.78, 5) is 11.4. The van der Waals surface area contributed by atoms with E-state index in [9.17, 15) is 4.79 Å². The van der Waals surface area contributed by atoms with Gasteiger partial charge < -0.3 is 10.3 Å². The van der Waals surface area contributed by atoms with E-state index < -0.39 is 0 Å². The molecule has 0 spiro atoms. The van der Waals surface area contributed by atoms with Crippen molar-refractivity contribution in [3.63, 3.8) is 0 Å². The van der Waals surface area contributed by atoms with Gasteiger partial charge in [0.1, 0.15) is 0 Å². The molecule has 2 rings (SSSR count). The van der Waals surface area contributed by atoms with E-state index in [2.05, 4.69) is 5.16 Å². The molecule has 1 heterocycles. The van der Waals surface area contributed by atoms with Gasteiger partial charge in [-0.1, -0.05) is 23.7 Å². The van der Waals surface area contributed by atoms with E-state index in [-0.39, 0.29) is 5.63 Å². The van der Waals surface area contributed by atoms with Crippen molar-refractivity contribution >= 4 is 11.6 Å². The van der Waals surface area contributed by atoms with Gasteiger partial charge in [0, 0.05) is 10.6 Å². The highest BCUT2D eigenvalue weighted by molar-refractivity contribution is 6.30. The summed E-state index contributed by atoms with van der Waals surface area (Å²) in [5.74, 6) is 0. The van der Waals surface area contributed by atoms with E-state index in [0.29, 0.717) is 29.2 Å². The topological polar surface area (TPSA) is 72.0 Å². The van der Waals surface area contributed by atoms with Gasteiger partial charge >= 0.3 is 5.63 Å². The fourth-order valence-electron chi connectivity index (χ4n) is 1.57. The fraction of sp³-hybridized carbons (Fsp3) is 0.182. The SMILES string of the molecule is NCCc1c(-c2cccc(Cl)c2)[nH]oc1=O. The minimum atomic E-state index is -0.375. The third-order valence-corrected chi connectivity index (χ3v) is 2.54. The second-order valence-electron chi connectivity index (χ2n) is 3.39. The summed E-state index contributed by atoms with van der Waals surface area (Å²) in [6.07, 6.45) is 0.480. The number of nitrogens with one attached hydrogen (secondary N) is 1. The quantitative estimate of drug-likeness (QED) is 0.856. The maximum atomic E-state index is 11.4. The molecular weight excluding hydrogens is 228 g/mol. The Morgan fingerprint density at radius 3 is 2.94 bits per heavy atom. The van der Waals surface area contributed by atoms with Crippen LogP contribution in [0.3, 0.4) is 0 Å². The van der Waals surface area contributed by atoms with Crippen LogP contribution in [0.25, 0.3) is 11.3 Å². The molecular formula is C11H11ClN2O2. The van der Waals surface area contributed by atoms with Gasteiger partial charge in [-0.05, 0) is 25.1 Å². The molecule has 3 N–H and O–H groups in total. The van der Waals surface area contributed by atoms with Crippen molar-refractivity contribution < 1.29 is 4.52 Å². The number of aromatic amines is 1. The van der Waals surface area contributed by atoms with E-state index in [4.69, 9.17) is 21.9 Å². The number of aromatic nitrogens is 1. The van der Waals surface area contributed by atoms with Crippen molar-refractivity contribution in [1.82, 2.24) is 5.16 Å². The highest BCUT2D eigenvalue weighted by Crippen LogP contribution is 2.22. The largest absolute Gasteiger partial charge is 0.361 e. The van der Waals surface area contributed by atoms with Gasteiger partial charge in [0.05, 0.1) is 11.3 Å². The van der Waals surface area contributed by atoms with Crippen molar-refractivity contribution in [1.29, 1.82) is 0 Å². The van der Waals surface area contributed by atoms with Crippen LogP contribution in [-0.2, 0) is 6.42 Å². The lowest BCUT2D eigenvalue weighted by atomic mass is 10.1. The molecule has 2 aromatic rings. The van der Waals surface area contributed by atoms with Crippen molar-refractivity contribution in [3.8, 4) is 11.3 Å². The number of H-pyrrole nitrogens is 1. The van der Waals surface area contributed by atoms with Gasteiger partial charge in [-0.3, -0.25) is 0 Å². The Labute approximate surface area is 97.0 Å². The Hall–Kier alpha value is -1.52. The predicted octanol–water partition coefficient (Wildman–Crippen LogP) is 1.79. The molecule has 84 valence electrons. The fourth-order valence-corrected chi connectivity index (χ4v) is 1.76. The van der Waals surface area contributed by atoms with Crippen LogP contribution in [0, 0.1) is 0 Å².